The van der Waals surface area contributed by atoms with Crippen LogP contribution in [0.1, 0.15) is 484 Å². The number of hydrogen-bond acceptors (Lipinski definition) is 15. The van der Waals surface area contributed by atoms with Crippen molar-refractivity contribution in [2.24, 2.45) is 5.92 Å². The minimum absolute atomic E-state index is 0.108. The maximum Gasteiger partial charge on any atom is 0.472 e. The SMILES string of the molecule is CCCCCCCCCCCCCCCCCCCCCCCC(=O)O[C@H](COC(=O)CCCCCCCCCCCCCCCCCCCCC)COP(=O)(O)OC[C@@H](O)COP(=O)(O)OC[C@@H](COC(=O)CCCCCCCCC(C)CC)OC(=O)CCCCCCCCCCCCCCCCCCCC. The van der Waals surface area contributed by atoms with Crippen LogP contribution in [0.3, 0.4) is 0 Å². The maximum atomic E-state index is 13.2. The molecule has 0 spiro atoms. The number of aliphatic hydroxyl groups excluding tert-OH is 1. The number of rotatable bonds is 89. The highest BCUT2D eigenvalue weighted by molar-refractivity contribution is 7.47. The lowest BCUT2D eigenvalue weighted by Crippen LogP contribution is -2.30. The van der Waals surface area contributed by atoms with Crippen molar-refractivity contribution in [3.63, 3.8) is 0 Å². The Hall–Kier alpha value is -1.94. The summed E-state index contributed by atoms with van der Waals surface area (Å²) in [5.74, 6) is -1.37. The summed E-state index contributed by atoms with van der Waals surface area (Å²) in [5.41, 5.74) is 0. The second kappa shape index (κ2) is 81.6. The molecule has 6 atom stereocenters. The van der Waals surface area contributed by atoms with Crippen molar-refractivity contribution in [3.8, 4) is 0 Å². The van der Waals surface area contributed by atoms with Crippen molar-refractivity contribution in [2.75, 3.05) is 39.6 Å². The maximum absolute atomic E-state index is 13.2. The van der Waals surface area contributed by atoms with Crippen LogP contribution in [0, 0.1) is 5.92 Å². The average molecular weight is 1580 g/mol. The molecule has 0 radical (unpaired) electrons. The van der Waals surface area contributed by atoms with Crippen molar-refractivity contribution >= 4 is 39.5 Å². The third-order valence-corrected chi connectivity index (χ3v) is 23.3. The summed E-state index contributed by atoms with van der Waals surface area (Å²) in [7, 11) is -9.93. The summed E-state index contributed by atoms with van der Waals surface area (Å²) in [6, 6.07) is 0. The van der Waals surface area contributed by atoms with E-state index in [1.807, 2.05) is 0 Å². The molecule has 0 amide bonds. The number of carbonyl (C=O) groups excluding carboxylic acids is 4. The van der Waals surface area contributed by atoms with Gasteiger partial charge in [0.2, 0.25) is 0 Å². The topological polar surface area (TPSA) is 237 Å². The van der Waals surface area contributed by atoms with E-state index in [2.05, 4.69) is 34.6 Å². The zero-order valence-electron chi connectivity index (χ0n) is 71.0. The number of esters is 4. The molecule has 19 heteroatoms. The van der Waals surface area contributed by atoms with E-state index in [9.17, 15) is 43.2 Å². The molecule has 0 aliphatic carbocycles. The normalized spacial score (nSPS) is 14.0. The van der Waals surface area contributed by atoms with Crippen molar-refractivity contribution in [2.45, 2.75) is 502 Å². The van der Waals surface area contributed by atoms with Gasteiger partial charge in [-0.25, -0.2) is 9.13 Å². The summed E-state index contributed by atoms with van der Waals surface area (Å²) in [6.07, 6.45) is 76.6. The van der Waals surface area contributed by atoms with Crippen LogP contribution in [0.5, 0.6) is 0 Å². The molecule has 3 unspecified atom stereocenters. The number of ether oxygens (including phenoxy) is 4. The van der Waals surface area contributed by atoms with Crippen LogP contribution in [0.25, 0.3) is 0 Å². The third kappa shape index (κ3) is 80.7. The molecule has 0 aromatic carbocycles. The minimum atomic E-state index is -4.97. The van der Waals surface area contributed by atoms with E-state index < -0.39 is 97.5 Å². The third-order valence-electron chi connectivity index (χ3n) is 21.4. The first-order valence-electron chi connectivity index (χ1n) is 46.2. The molecule has 0 aliphatic rings. The minimum Gasteiger partial charge on any atom is -0.462 e. The molecule has 17 nitrogen and oxygen atoms in total. The van der Waals surface area contributed by atoms with Crippen molar-refractivity contribution in [1.29, 1.82) is 0 Å². The van der Waals surface area contributed by atoms with Gasteiger partial charge in [-0.2, -0.15) is 0 Å². The van der Waals surface area contributed by atoms with Crippen LogP contribution in [-0.4, -0.2) is 96.7 Å². The molecular formula is C89H174O17P2. The first kappa shape index (κ1) is 106. The number of phosphoric ester groups is 2. The molecule has 0 aromatic rings. The predicted molar refractivity (Wildman–Crippen MR) is 446 cm³/mol. The van der Waals surface area contributed by atoms with Gasteiger partial charge in [-0.05, 0) is 31.6 Å². The van der Waals surface area contributed by atoms with Gasteiger partial charge >= 0.3 is 39.5 Å². The van der Waals surface area contributed by atoms with E-state index in [0.717, 1.165) is 102 Å². The molecule has 0 fully saturated rings. The van der Waals surface area contributed by atoms with Crippen molar-refractivity contribution in [1.82, 2.24) is 0 Å². The van der Waals surface area contributed by atoms with Crippen molar-refractivity contribution < 1.29 is 80.2 Å². The average Bonchev–Trinajstić information content (AvgIpc) is 0.899. The number of aliphatic hydroxyl groups is 1. The quantitative estimate of drug-likeness (QED) is 0.0222. The molecule has 642 valence electrons. The number of hydrogen-bond donors (Lipinski definition) is 3. The zero-order valence-corrected chi connectivity index (χ0v) is 72.8. The van der Waals surface area contributed by atoms with E-state index >= 15 is 0 Å². The molecular weight excluding hydrogens is 1400 g/mol. The Bertz CT molecular complexity index is 2050. The fourth-order valence-electron chi connectivity index (χ4n) is 14.0. The molecule has 0 aliphatic heterocycles. The Morgan fingerprint density at radius 1 is 0.259 bits per heavy atom. The smallest absolute Gasteiger partial charge is 0.462 e. The first-order chi connectivity index (χ1) is 52.6. The van der Waals surface area contributed by atoms with E-state index in [4.69, 9.17) is 37.0 Å². The molecule has 0 rings (SSSR count). The van der Waals surface area contributed by atoms with Crippen LogP contribution in [0.2, 0.25) is 0 Å². The second-order valence-electron chi connectivity index (χ2n) is 32.2. The van der Waals surface area contributed by atoms with Gasteiger partial charge in [-0.3, -0.25) is 37.3 Å². The number of carbonyl (C=O) groups is 4. The molecule has 0 aromatic heterocycles. The van der Waals surface area contributed by atoms with Gasteiger partial charge in [0.25, 0.3) is 0 Å². The summed E-state index contributed by atoms with van der Waals surface area (Å²) >= 11 is 0. The summed E-state index contributed by atoms with van der Waals surface area (Å²) in [4.78, 5) is 73.3. The zero-order chi connectivity index (χ0) is 79.0. The monoisotopic (exact) mass is 1580 g/mol. The predicted octanol–water partition coefficient (Wildman–Crippen LogP) is 27.5. The summed E-state index contributed by atoms with van der Waals surface area (Å²) in [5, 5.41) is 10.7. The Labute approximate surface area is 664 Å². The van der Waals surface area contributed by atoms with E-state index in [1.165, 1.54) is 302 Å². The van der Waals surface area contributed by atoms with Gasteiger partial charge in [-0.1, -0.05) is 433 Å². The molecule has 3 N–H and O–H groups in total. The van der Waals surface area contributed by atoms with Crippen LogP contribution in [0.15, 0.2) is 0 Å². The second-order valence-corrected chi connectivity index (χ2v) is 35.1. The summed E-state index contributed by atoms with van der Waals surface area (Å²) in [6.45, 7) is 7.34. The van der Waals surface area contributed by atoms with Gasteiger partial charge < -0.3 is 33.8 Å². The highest BCUT2D eigenvalue weighted by Crippen LogP contribution is 2.45. The molecule has 108 heavy (non-hydrogen) atoms. The van der Waals surface area contributed by atoms with Crippen molar-refractivity contribution in [3.05, 3.63) is 0 Å². The standard InChI is InChI=1S/C89H174O17P2/c1-6-10-13-16-19-22-25-28-31-34-37-38-40-43-46-49-52-55-58-65-69-74-88(93)105-84(78-99-86(91)72-67-62-56-53-50-47-44-42-39-35-32-29-26-23-20-17-14-11-7-2)80-103-107(95,96)101-76-83(90)77-102-108(97,98)104-81-85(79-100-87(92)73-68-63-60-59-61-66-71-82(5)9-4)106-89(94)75-70-64-57-54-51-48-45-41-36-33-30-27-24-21-18-15-12-8-3/h82-85,90H,6-81H2,1-5H3,(H,95,96)(H,97,98)/t82?,83-,84-,85-/m1/s1. The van der Waals surface area contributed by atoms with Gasteiger partial charge in [0.15, 0.2) is 12.2 Å². The van der Waals surface area contributed by atoms with Gasteiger partial charge in [0.1, 0.15) is 19.3 Å². The lowest BCUT2D eigenvalue weighted by Gasteiger charge is -2.21. The lowest BCUT2D eigenvalue weighted by molar-refractivity contribution is -0.161. The van der Waals surface area contributed by atoms with Crippen LogP contribution in [0.4, 0.5) is 0 Å². The summed E-state index contributed by atoms with van der Waals surface area (Å²) < 4.78 is 69.0. The van der Waals surface area contributed by atoms with Gasteiger partial charge in [0.05, 0.1) is 26.4 Å². The van der Waals surface area contributed by atoms with E-state index in [1.54, 1.807) is 0 Å². The fourth-order valence-corrected chi connectivity index (χ4v) is 15.5. The van der Waals surface area contributed by atoms with Crippen LogP contribution < -0.4 is 0 Å². The number of unbranched alkanes of at least 4 members (excludes halogenated alkanes) is 60. The fraction of sp³-hybridized carbons (Fsp3) is 0.955. The van der Waals surface area contributed by atoms with Crippen LogP contribution in [-0.2, 0) is 65.4 Å². The Balaban J connectivity index is 5.22. The van der Waals surface area contributed by atoms with E-state index in [-0.39, 0.29) is 25.7 Å². The first-order valence-corrected chi connectivity index (χ1v) is 49.2. The largest absolute Gasteiger partial charge is 0.472 e. The highest BCUT2D eigenvalue weighted by Gasteiger charge is 2.31. The van der Waals surface area contributed by atoms with Gasteiger partial charge in [-0.15, -0.1) is 0 Å². The molecule has 0 saturated heterocycles. The van der Waals surface area contributed by atoms with Crippen LogP contribution >= 0.6 is 15.6 Å². The lowest BCUT2D eigenvalue weighted by atomic mass is 10.00. The molecule has 0 saturated carbocycles. The Morgan fingerprint density at radius 3 is 0.657 bits per heavy atom. The Morgan fingerprint density at radius 2 is 0.444 bits per heavy atom. The van der Waals surface area contributed by atoms with E-state index in [0.29, 0.717) is 25.7 Å². The molecule has 0 bridgehead atoms. The molecule has 0 heterocycles. The highest BCUT2D eigenvalue weighted by atomic mass is 31.2. The number of phosphoric acid groups is 2. The Kier molecular flexibility index (Phi) is 80.2. The van der Waals surface area contributed by atoms with Gasteiger partial charge in [0, 0.05) is 25.7 Å².